The Morgan fingerprint density at radius 3 is 1.85 bits per heavy atom. The molecule has 0 aliphatic heterocycles. The number of nitrogens with one attached hydrogen (secondary N) is 1. The van der Waals surface area contributed by atoms with Crippen LogP contribution in [0.3, 0.4) is 0 Å². The Balaban J connectivity index is -0.00000162. The molecule has 0 fully saturated rings. The summed E-state index contributed by atoms with van der Waals surface area (Å²) in [6.45, 7) is 2.57. The van der Waals surface area contributed by atoms with Crippen LogP contribution in [0.15, 0.2) is 0 Å². The SMILES string of the molecule is CCCCCCCCCCCCN[C@@H](CO)C(=O)O.[H-].[Na+]. The van der Waals surface area contributed by atoms with Gasteiger partial charge in [-0.05, 0) is 13.0 Å². The van der Waals surface area contributed by atoms with Crippen LogP contribution in [0.1, 0.15) is 72.6 Å². The first-order valence-corrected chi connectivity index (χ1v) is 7.79. The van der Waals surface area contributed by atoms with Crippen LogP contribution >= 0.6 is 0 Å². The van der Waals surface area contributed by atoms with Crippen molar-refractivity contribution in [3.05, 3.63) is 0 Å². The third-order valence-corrected chi connectivity index (χ3v) is 3.40. The molecule has 0 aromatic heterocycles. The molecular formula is C15H32NNaO3. The van der Waals surface area contributed by atoms with Crippen molar-refractivity contribution < 1.29 is 46.0 Å². The van der Waals surface area contributed by atoms with E-state index >= 15 is 0 Å². The number of unbranched alkanes of at least 4 members (excludes halogenated alkanes) is 9. The minimum Gasteiger partial charge on any atom is -1.00 e. The number of carbonyl (C=O) groups is 1. The van der Waals surface area contributed by atoms with Crippen LogP contribution in [0.5, 0.6) is 0 Å². The smallest absolute Gasteiger partial charge is 1.00 e. The molecule has 0 aromatic rings. The molecule has 0 bridgehead atoms. The van der Waals surface area contributed by atoms with Crippen molar-refractivity contribution in [2.75, 3.05) is 13.2 Å². The van der Waals surface area contributed by atoms with E-state index in [1.54, 1.807) is 0 Å². The second-order valence-corrected chi connectivity index (χ2v) is 5.21. The quantitative estimate of drug-likeness (QED) is 0.313. The average molecular weight is 297 g/mol. The molecule has 5 heteroatoms. The van der Waals surface area contributed by atoms with E-state index in [-0.39, 0.29) is 37.6 Å². The zero-order chi connectivity index (χ0) is 14.3. The first-order valence-electron chi connectivity index (χ1n) is 7.79. The summed E-state index contributed by atoms with van der Waals surface area (Å²) in [4.78, 5) is 10.6. The van der Waals surface area contributed by atoms with Gasteiger partial charge in [-0.3, -0.25) is 4.79 Å². The van der Waals surface area contributed by atoms with Gasteiger partial charge >= 0.3 is 35.5 Å². The first kappa shape index (κ1) is 22.7. The molecule has 0 amide bonds. The molecule has 0 spiro atoms. The van der Waals surface area contributed by atoms with Crippen LogP contribution in [0.4, 0.5) is 0 Å². The van der Waals surface area contributed by atoms with Crippen LogP contribution in [0.2, 0.25) is 0 Å². The molecule has 0 saturated heterocycles. The Morgan fingerprint density at radius 1 is 1.00 bits per heavy atom. The Hall–Kier alpha value is 0.390. The summed E-state index contributed by atoms with van der Waals surface area (Å²) in [5.41, 5.74) is 0. The summed E-state index contributed by atoms with van der Waals surface area (Å²) < 4.78 is 0. The van der Waals surface area contributed by atoms with Gasteiger partial charge in [0.15, 0.2) is 0 Å². The number of hydrogen-bond acceptors (Lipinski definition) is 3. The van der Waals surface area contributed by atoms with Gasteiger partial charge in [0.25, 0.3) is 0 Å². The van der Waals surface area contributed by atoms with Crippen LogP contribution in [-0.4, -0.2) is 35.4 Å². The van der Waals surface area contributed by atoms with E-state index in [0.29, 0.717) is 6.54 Å². The average Bonchev–Trinajstić information content (AvgIpc) is 2.40. The normalized spacial score (nSPS) is 11.9. The van der Waals surface area contributed by atoms with Crippen molar-refractivity contribution in [1.29, 1.82) is 0 Å². The Kier molecular flexibility index (Phi) is 19.8. The van der Waals surface area contributed by atoms with Gasteiger partial charge in [-0.25, -0.2) is 0 Å². The minimum atomic E-state index is -0.977. The summed E-state index contributed by atoms with van der Waals surface area (Å²) in [5.74, 6) is -0.977. The van der Waals surface area contributed by atoms with E-state index in [9.17, 15) is 4.79 Å². The molecule has 3 N–H and O–H groups in total. The molecule has 116 valence electrons. The molecular weight excluding hydrogens is 265 g/mol. The van der Waals surface area contributed by atoms with E-state index in [1.807, 2.05) is 0 Å². The minimum absolute atomic E-state index is 0. The maximum absolute atomic E-state index is 10.6. The first-order chi connectivity index (χ1) is 9.22. The van der Waals surface area contributed by atoms with E-state index in [1.165, 1.54) is 51.4 Å². The molecule has 0 aliphatic rings. The van der Waals surface area contributed by atoms with Crippen molar-refractivity contribution in [3.63, 3.8) is 0 Å². The number of carboxylic acids is 1. The molecule has 0 saturated carbocycles. The summed E-state index contributed by atoms with van der Waals surface area (Å²) in [7, 11) is 0. The molecule has 0 aromatic carbocycles. The van der Waals surface area contributed by atoms with Crippen LogP contribution < -0.4 is 34.9 Å². The predicted octanol–water partition coefficient (Wildman–Crippen LogP) is 0.0589. The van der Waals surface area contributed by atoms with Gasteiger partial charge in [0.05, 0.1) is 6.61 Å². The van der Waals surface area contributed by atoms with E-state index in [2.05, 4.69) is 12.2 Å². The Labute approximate surface area is 147 Å². The summed E-state index contributed by atoms with van der Waals surface area (Å²) in [6, 6.07) is -0.807. The largest absolute Gasteiger partial charge is 1.00 e. The topological polar surface area (TPSA) is 69.6 Å². The van der Waals surface area contributed by atoms with Gasteiger partial charge in [-0.2, -0.15) is 0 Å². The second kappa shape index (κ2) is 17.4. The van der Waals surface area contributed by atoms with Gasteiger partial charge in [0, 0.05) is 0 Å². The van der Waals surface area contributed by atoms with Crippen molar-refractivity contribution in [3.8, 4) is 0 Å². The third-order valence-electron chi connectivity index (χ3n) is 3.40. The van der Waals surface area contributed by atoms with Crippen molar-refractivity contribution in [2.24, 2.45) is 0 Å². The fourth-order valence-corrected chi connectivity index (χ4v) is 2.12. The molecule has 4 nitrogen and oxygen atoms in total. The third kappa shape index (κ3) is 14.8. The van der Waals surface area contributed by atoms with Crippen molar-refractivity contribution in [2.45, 2.75) is 77.2 Å². The summed E-state index contributed by atoms with van der Waals surface area (Å²) >= 11 is 0. The van der Waals surface area contributed by atoms with E-state index < -0.39 is 12.0 Å². The second-order valence-electron chi connectivity index (χ2n) is 5.21. The maximum Gasteiger partial charge on any atom is 1.00 e. The number of carboxylic acid groups (broad SMARTS) is 1. The van der Waals surface area contributed by atoms with Gasteiger partial charge in [-0.1, -0.05) is 64.7 Å². The molecule has 0 heterocycles. The zero-order valence-corrected chi connectivity index (χ0v) is 15.4. The number of aliphatic carboxylic acids is 1. The van der Waals surface area contributed by atoms with Crippen molar-refractivity contribution in [1.82, 2.24) is 5.32 Å². The molecule has 0 aliphatic carbocycles. The van der Waals surface area contributed by atoms with Crippen LogP contribution in [-0.2, 0) is 4.79 Å². The zero-order valence-electron chi connectivity index (χ0n) is 14.4. The number of aliphatic hydroxyl groups excluding tert-OH is 1. The van der Waals surface area contributed by atoms with Crippen LogP contribution in [0.25, 0.3) is 0 Å². The maximum atomic E-state index is 10.6. The monoisotopic (exact) mass is 297 g/mol. The summed E-state index contributed by atoms with van der Waals surface area (Å²) in [5, 5.41) is 20.4. The molecule has 0 unspecified atom stereocenters. The number of hydrogen-bond donors (Lipinski definition) is 3. The van der Waals surface area contributed by atoms with Gasteiger partial charge in [0.1, 0.15) is 6.04 Å². The van der Waals surface area contributed by atoms with E-state index in [0.717, 1.165) is 12.8 Å². The van der Waals surface area contributed by atoms with Crippen molar-refractivity contribution >= 4 is 5.97 Å². The van der Waals surface area contributed by atoms with E-state index in [4.69, 9.17) is 10.2 Å². The molecule has 20 heavy (non-hydrogen) atoms. The van der Waals surface area contributed by atoms with Crippen LogP contribution in [0, 0.1) is 0 Å². The molecule has 1 atom stereocenters. The standard InChI is InChI=1S/C15H31NO3.Na.H/c1-2-3-4-5-6-7-8-9-10-11-12-16-14(13-17)15(18)19;;/h14,16-17H,2-13H2,1H3,(H,18,19);;/q;+1;-1/t14-;;/m0../s1. The summed E-state index contributed by atoms with van der Waals surface area (Å²) in [6.07, 6.45) is 12.7. The fraction of sp³-hybridized carbons (Fsp3) is 0.933. The fourth-order valence-electron chi connectivity index (χ4n) is 2.12. The Morgan fingerprint density at radius 2 is 1.45 bits per heavy atom. The molecule has 0 rings (SSSR count). The van der Waals surface area contributed by atoms with Gasteiger partial charge in [0.2, 0.25) is 0 Å². The Bertz CT molecular complexity index is 221. The number of rotatable bonds is 14. The van der Waals surface area contributed by atoms with Gasteiger partial charge < -0.3 is 17.0 Å². The van der Waals surface area contributed by atoms with Gasteiger partial charge in [-0.15, -0.1) is 0 Å². The predicted molar refractivity (Wildman–Crippen MR) is 79.5 cm³/mol. The molecule has 0 radical (unpaired) electrons. The number of aliphatic hydroxyl groups is 1.